The Morgan fingerprint density at radius 2 is 2.26 bits per heavy atom. The van der Waals surface area contributed by atoms with Crippen molar-refractivity contribution in [2.45, 2.75) is 38.8 Å². The summed E-state index contributed by atoms with van der Waals surface area (Å²) < 4.78 is 13.1. The fourth-order valence-electron chi connectivity index (χ4n) is 2.19. The second kappa shape index (κ2) is 6.02. The van der Waals surface area contributed by atoms with E-state index in [4.69, 9.17) is 10.9 Å². The van der Waals surface area contributed by atoms with Crippen molar-refractivity contribution in [3.63, 3.8) is 0 Å². The van der Waals surface area contributed by atoms with Crippen molar-refractivity contribution in [3.05, 3.63) is 35.1 Å². The Labute approximate surface area is 112 Å². The molecule has 1 aromatic carbocycles. The highest BCUT2D eigenvalue weighted by Gasteiger charge is 2.29. The Morgan fingerprint density at radius 3 is 2.84 bits per heavy atom. The van der Waals surface area contributed by atoms with Crippen LogP contribution in [0.4, 0.5) is 4.39 Å². The van der Waals surface area contributed by atoms with E-state index in [1.54, 1.807) is 6.07 Å². The van der Waals surface area contributed by atoms with Gasteiger partial charge in [-0.1, -0.05) is 11.2 Å². The lowest BCUT2D eigenvalue weighted by Gasteiger charge is -2.22. The fourth-order valence-corrected chi connectivity index (χ4v) is 2.19. The van der Waals surface area contributed by atoms with Crippen molar-refractivity contribution in [2.75, 3.05) is 6.54 Å². The van der Waals surface area contributed by atoms with E-state index in [9.17, 15) is 4.39 Å². The van der Waals surface area contributed by atoms with Crippen LogP contribution in [-0.4, -0.2) is 28.5 Å². The molecule has 19 heavy (non-hydrogen) atoms. The molecular formula is C14H20FN3O. The predicted octanol–water partition coefficient (Wildman–Crippen LogP) is 2.24. The van der Waals surface area contributed by atoms with E-state index in [2.05, 4.69) is 10.1 Å². The lowest BCUT2D eigenvalue weighted by Crippen LogP contribution is -2.30. The van der Waals surface area contributed by atoms with Crippen molar-refractivity contribution < 1.29 is 9.60 Å². The average Bonchev–Trinajstić information content (AvgIpc) is 3.20. The zero-order valence-electron chi connectivity index (χ0n) is 11.1. The van der Waals surface area contributed by atoms with Gasteiger partial charge in [0.15, 0.2) is 0 Å². The maximum absolute atomic E-state index is 13.1. The van der Waals surface area contributed by atoms with Crippen molar-refractivity contribution in [3.8, 4) is 0 Å². The van der Waals surface area contributed by atoms with E-state index in [1.807, 2.05) is 13.0 Å². The van der Waals surface area contributed by atoms with Crippen molar-refractivity contribution >= 4 is 5.84 Å². The first-order valence-corrected chi connectivity index (χ1v) is 6.55. The Hall–Kier alpha value is -1.62. The molecule has 1 aromatic rings. The van der Waals surface area contributed by atoms with E-state index >= 15 is 0 Å². The number of oxime groups is 1. The monoisotopic (exact) mass is 265 g/mol. The van der Waals surface area contributed by atoms with E-state index < -0.39 is 0 Å². The van der Waals surface area contributed by atoms with Crippen molar-refractivity contribution in [1.82, 2.24) is 4.90 Å². The molecule has 1 aliphatic rings. The molecule has 1 aliphatic carbocycles. The molecule has 0 aromatic heterocycles. The summed E-state index contributed by atoms with van der Waals surface area (Å²) in [5.41, 5.74) is 7.61. The summed E-state index contributed by atoms with van der Waals surface area (Å²) in [7, 11) is 0. The molecule has 3 N–H and O–H groups in total. The number of nitrogens with two attached hydrogens (primary N) is 1. The third-order valence-corrected chi connectivity index (χ3v) is 3.52. The molecule has 0 unspecified atom stereocenters. The van der Waals surface area contributed by atoms with E-state index in [0.717, 1.165) is 24.2 Å². The molecule has 104 valence electrons. The van der Waals surface area contributed by atoms with Crippen molar-refractivity contribution in [1.29, 1.82) is 0 Å². The van der Waals surface area contributed by atoms with Crippen LogP contribution in [0.25, 0.3) is 0 Å². The van der Waals surface area contributed by atoms with Gasteiger partial charge in [-0.15, -0.1) is 0 Å². The van der Waals surface area contributed by atoms with Gasteiger partial charge in [0, 0.05) is 25.6 Å². The largest absolute Gasteiger partial charge is 0.409 e. The Kier molecular flexibility index (Phi) is 4.37. The average molecular weight is 265 g/mol. The van der Waals surface area contributed by atoms with Gasteiger partial charge in [-0.05, 0) is 43.0 Å². The minimum atomic E-state index is -0.198. The Balaban J connectivity index is 2.00. The first kappa shape index (κ1) is 13.8. The zero-order chi connectivity index (χ0) is 13.8. The van der Waals surface area contributed by atoms with Crippen LogP contribution in [0.15, 0.2) is 23.4 Å². The molecule has 0 amide bonds. The van der Waals surface area contributed by atoms with Gasteiger partial charge in [-0.3, -0.25) is 4.90 Å². The molecule has 0 atom stereocenters. The third-order valence-electron chi connectivity index (χ3n) is 3.52. The summed E-state index contributed by atoms with van der Waals surface area (Å²) in [5.74, 6) is 0.0531. The summed E-state index contributed by atoms with van der Waals surface area (Å²) in [6.07, 6.45) is 2.93. The Morgan fingerprint density at radius 1 is 1.53 bits per heavy atom. The normalized spacial score (nSPS) is 16.1. The van der Waals surface area contributed by atoms with Crippen molar-refractivity contribution in [2.24, 2.45) is 10.9 Å². The highest BCUT2D eigenvalue weighted by molar-refractivity contribution is 5.79. The predicted molar refractivity (Wildman–Crippen MR) is 72.6 cm³/mol. The van der Waals surface area contributed by atoms with E-state index in [-0.39, 0.29) is 11.7 Å². The van der Waals surface area contributed by atoms with Gasteiger partial charge in [0.25, 0.3) is 0 Å². The lowest BCUT2D eigenvalue weighted by molar-refractivity contribution is 0.259. The zero-order valence-corrected chi connectivity index (χ0v) is 11.1. The number of rotatable bonds is 6. The molecule has 0 radical (unpaired) electrons. The standard InChI is InChI=1S/C14H20FN3O/c1-10-8-12(15)3-2-11(10)9-18(13-4-5-13)7-6-14(16)17-19/h2-3,8,13,19H,4-7,9H2,1H3,(H2,16,17). The highest BCUT2D eigenvalue weighted by atomic mass is 19.1. The number of benzene rings is 1. The SMILES string of the molecule is Cc1cc(F)ccc1CN(CC/C(N)=N/O)C1CC1. The van der Waals surface area contributed by atoms with Crippen LogP contribution in [0.3, 0.4) is 0 Å². The van der Waals surface area contributed by atoms with Crippen LogP contribution in [0.2, 0.25) is 0 Å². The number of halogens is 1. The van der Waals surface area contributed by atoms with Gasteiger partial charge in [0.1, 0.15) is 11.7 Å². The first-order valence-electron chi connectivity index (χ1n) is 6.55. The molecule has 1 fully saturated rings. The maximum atomic E-state index is 13.1. The number of nitrogens with zero attached hydrogens (tertiary/aromatic N) is 2. The molecule has 5 heteroatoms. The summed E-state index contributed by atoms with van der Waals surface area (Å²) >= 11 is 0. The van der Waals surface area contributed by atoms with Gasteiger partial charge >= 0.3 is 0 Å². The molecule has 4 nitrogen and oxygen atoms in total. The summed E-state index contributed by atoms with van der Waals surface area (Å²) in [5, 5.41) is 11.6. The minimum Gasteiger partial charge on any atom is -0.409 e. The minimum absolute atomic E-state index is 0.198. The topological polar surface area (TPSA) is 61.8 Å². The van der Waals surface area contributed by atoms with Crippen LogP contribution in [0, 0.1) is 12.7 Å². The summed E-state index contributed by atoms with van der Waals surface area (Å²) in [6.45, 7) is 3.47. The third kappa shape index (κ3) is 3.92. The summed E-state index contributed by atoms with van der Waals surface area (Å²) in [4.78, 5) is 2.32. The van der Waals surface area contributed by atoms with Crippen LogP contribution >= 0.6 is 0 Å². The first-order chi connectivity index (χ1) is 9.10. The summed E-state index contributed by atoms with van der Waals surface area (Å²) in [6, 6.07) is 5.47. The van der Waals surface area contributed by atoms with Crippen LogP contribution < -0.4 is 5.73 Å². The highest BCUT2D eigenvalue weighted by Crippen LogP contribution is 2.29. The molecular weight excluding hydrogens is 245 g/mol. The van der Waals surface area contributed by atoms with Gasteiger partial charge in [-0.25, -0.2) is 4.39 Å². The second-order valence-corrected chi connectivity index (χ2v) is 5.11. The van der Waals surface area contributed by atoms with Crippen LogP contribution in [0.1, 0.15) is 30.4 Å². The molecule has 0 saturated heterocycles. The van der Waals surface area contributed by atoms with E-state index in [1.165, 1.54) is 18.9 Å². The van der Waals surface area contributed by atoms with E-state index in [0.29, 0.717) is 12.5 Å². The number of amidine groups is 1. The molecule has 0 spiro atoms. The van der Waals surface area contributed by atoms with Gasteiger partial charge < -0.3 is 10.9 Å². The molecule has 0 aliphatic heterocycles. The lowest BCUT2D eigenvalue weighted by atomic mass is 10.1. The van der Waals surface area contributed by atoms with Gasteiger partial charge in [0.05, 0.1) is 0 Å². The van der Waals surface area contributed by atoms with Crippen LogP contribution in [0.5, 0.6) is 0 Å². The quantitative estimate of drug-likeness (QED) is 0.359. The maximum Gasteiger partial charge on any atom is 0.140 e. The molecule has 1 saturated carbocycles. The fraction of sp³-hybridized carbons (Fsp3) is 0.500. The number of hydrogen-bond acceptors (Lipinski definition) is 3. The molecule has 0 bridgehead atoms. The van der Waals surface area contributed by atoms with Gasteiger partial charge in [-0.2, -0.15) is 0 Å². The van der Waals surface area contributed by atoms with Crippen LogP contribution in [-0.2, 0) is 6.54 Å². The molecule has 0 heterocycles. The molecule has 2 rings (SSSR count). The second-order valence-electron chi connectivity index (χ2n) is 5.11. The number of hydrogen-bond donors (Lipinski definition) is 2. The Bertz CT molecular complexity index is 472. The number of aryl methyl sites for hydroxylation is 1. The van der Waals surface area contributed by atoms with Gasteiger partial charge in [0.2, 0.25) is 0 Å². The smallest absolute Gasteiger partial charge is 0.140 e.